The Morgan fingerprint density at radius 3 is 2.20 bits per heavy atom. The molecule has 1 aliphatic rings. The van der Waals surface area contributed by atoms with Crippen molar-refractivity contribution in [2.45, 2.75) is 64.2 Å². The van der Waals surface area contributed by atoms with Crippen molar-refractivity contribution >= 4 is 0 Å². The SMILES string of the molecule is CONC1=CCCCCCCCCCC1. The first-order valence-electron chi connectivity index (χ1n) is 6.41. The van der Waals surface area contributed by atoms with E-state index in [0.29, 0.717) is 0 Å². The molecule has 0 radical (unpaired) electrons. The van der Waals surface area contributed by atoms with Crippen LogP contribution in [0.5, 0.6) is 0 Å². The summed E-state index contributed by atoms with van der Waals surface area (Å²) in [6, 6.07) is 0. The highest BCUT2D eigenvalue weighted by Crippen LogP contribution is 2.15. The van der Waals surface area contributed by atoms with Gasteiger partial charge in [-0.1, -0.05) is 44.6 Å². The Morgan fingerprint density at radius 2 is 1.53 bits per heavy atom. The highest BCUT2D eigenvalue weighted by molar-refractivity contribution is 4.97. The van der Waals surface area contributed by atoms with Gasteiger partial charge in [-0.2, -0.15) is 0 Å². The van der Waals surface area contributed by atoms with Gasteiger partial charge < -0.3 is 0 Å². The minimum Gasteiger partial charge on any atom is -0.280 e. The van der Waals surface area contributed by atoms with Crippen LogP contribution in [-0.4, -0.2) is 7.11 Å². The molecule has 88 valence electrons. The lowest BCUT2D eigenvalue weighted by Gasteiger charge is -2.10. The van der Waals surface area contributed by atoms with Crippen LogP contribution in [0, 0.1) is 0 Å². The summed E-state index contributed by atoms with van der Waals surface area (Å²) in [4.78, 5) is 4.99. The normalized spacial score (nSPS) is 21.0. The molecule has 0 saturated heterocycles. The summed E-state index contributed by atoms with van der Waals surface area (Å²) in [5.41, 5.74) is 4.27. The van der Waals surface area contributed by atoms with Crippen LogP contribution in [0.25, 0.3) is 0 Å². The van der Waals surface area contributed by atoms with Crippen molar-refractivity contribution in [1.82, 2.24) is 5.48 Å². The molecule has 1 aliphatic carbocycles. The van der Waals surface area contributed by atoms with Gasteiger partial charge in [-0.25, -0.2) is 0 Å². The summed E-state index contributed by atoms with van der Waals surface area (Å²) in [6.45, 7) is 0. The predicted molar refractivity (Wildman–Crippen MR) is 64.4 cm³/mol. The second-order valence-electron chi connectivity index (χ2n) is 4.40. The van der Waals surface area contributed by atoms with Crippen LogP contribution < -0.4 is 5.48 Å². The molecule has 15 heavy (non-hydrogen) atoms. The Hall–Kier alpha value is -0.500. The lowest BCUT2D eigenvalue weighted by molar-refractivity contribution is 0.114. The monoisotopic (exact) mass is 211 g/mol. The third-order valence-corrected chi connectivity index (χ3v) is 3.02. The van der Waals surface area contributed by atoms with Crippen molar-refractivity contribution in [3.63, 3.8) is 0 Å². The maximum atomic E-state index is 4.99. The molecule has 0 fully saturated rings. The molecule has 0 spiro atoms. The fraction of sp³-hybridized carbons (Fsp3) is 0.846. The van der Waals surface area contributed by atoms with Gasteiger partial charge in [-0.05, 0) is 25.7 Å². The molecule has 0 unspecified atom stereocenters. The van der Waals surface area contributed by atoms with Crippen molar-refractivity contribution in [2.24, 2.45) is 0 Å². The van der Waals surface area contributed by atoms with Crippen LogP contribution in [0.15, 0.2) is 11.8 Å². The minimum atomic E-state index is 1.15. The number of allylic oxidation sites excluding steroid dienone is 2. The first-order valence-corrected chi connectivity index (χ1v) is 6.41. The summed E-state index contributed by atoms with van der Waals surface area (Å²) >= 11 is 0. The molecule has 0 saturated carbocycles. The van der Waals surface area contributed by atoms with E-state index in [1.165, 1.54) is 63.5 Å². The molecule has 0 heterocycles. The van der Waals surface area contributed by atoms with Gasteiger partial charge >= 0.3 is 0 Å². The molecular formula is C13H25NO. The van der Waals surface area contributed by atoms with Gasteiger partial charge in [0.05, 0.1) is 7.11 Å². The van der Waals surface area contributed by atoms with Gasteiger partial charge in [0.1, 0.15) is 0 Å². The first kappa shape index (κ1) is 12.6. The molecular weight excluding hydrogens is 186 g/mol. The van der Waals surface area contributed by atoms with E-state index in [2.05, 4.69) is 11.6 Å². The average Bonchev–Trinajstić information content (AvgIpc) is 2.22. The number of hydroxylamine groups is 1. The molecule has 0 aromatic carbocycles. The quantitative estimate of drug-likeness (QED) is 0.699. The topological polar surface area (TPSA) is 21.3 Å². The first-order chi connectivity index (χ1) is 7.43. The molecule has 0 bridgehead atoms. The van der Waals surface area contributed by atoms with Crippen molar-refractivity contribution in [3.05, 3.63) is 11.8 Å². The zero-order valence-electron chi connectivity index (χ0n) is 10.1. The van der Waals surface area contributed by atoms with Gasteiger partial charge in [0, 0.05) is 5.70 Å². The largest absolute Gasteiger partial charge is 0.280 e. The standard InChI is InChI=1S/C13H25NO/c1-15-14-13-11-9-7-5-3-2-4-6-8-10-12-13/h11,14H,2-10,12H2,1H3. The molecule has 2 heteroatoms. The average molecular weight is 211 g/mol. The van der Waals surface area contributed by atoms with Crippen LogP contribution in [0.1, 0.15) is 64.2 Å². The van der Waals surface area contributed by atoms with Gasteiger partial charge in [0.15, 0.2) is 0 Å². The van der Waals surface area contributed by atoms with Crippen molar-refractivity contribution < 1.29 is 4.84 Å². The molecule has 0 aromatic heterocycles. The number of hydrogen-bond donors (Lipinski definition) is 1. The summed E-state index contributed by atoms with van der Waals surface area (Å²) in [5.74, 6) is 0. The van der Waals surface area contributed by atoms with Crippen LogP contribution in [0.4, 0.5) is 0 Å². The van der Waals surface area contributed by atoms with E-state index in [9.17, 15) is 0 Å². The maximum Gasteiger partial charge on any atom is 0.0636 e. The number of hydrogen-bond acceptors (Lipinski definition) is 2. The van der Waals surface area contributed by atoms with E-state index >= 15 is 0 Å². The number of rotatable bonds is 2. The van der Waals surface area contributed by atoms with E-state index in [1.807, 2.05) is 0 Å². The van der Waals surface area contributed by atoms with Crippen LogP contribution in [-0.2, 0) is 4.84 Å². The highest BCUT2D eigenvalue weighted by Gasteiger charge is 1.99. The Kier molecular flexibility index (Phi) is 7.36. The maximum absolute atomic E-state index is 4.99. The van der Waals surface area contributed by atoms with E-state index in [1.54, 1.807) is 7.11 Å². The Labute approximate surface area is 94.0 Å². The van der Waals surface area contributed by atoms with Gasteiger partial charge in [-0.15, -0.1) is 0 Å². The van der Waals surface area contributed by atoms with E-state index in [-0.39, 0.29) is 0 Å². The van der Waals surface area contributed by atoms with Gasteiger partial charge in [-0.3, -0.25) is 10.3 Å². The summed E-state index contributed by atoms with van der Waals surface area (Å²) in [6.07, 6.45) is 15.7. The van der Waals surface area contributed by atoms with Crippen molar-refractivity contribution in [1.29, 1.82) is 0 Å². The fourth-order valence-corrected chi connectivity index (χ4v) is 2.12. The highest BCUT2D eigenvalue weighted by atomic mass is 16.6. The molecule has 1 rings (SSSR count). The molecule has 2 nitrogen and oxygen atoms in total. The zero-order chi connectivity index (χ0) is 10.8. The Bertz CT molecular complexity index is 177. The molecule has 1 N–H and O–H groups in total. The molecule has 0 atom stereocenters. The minimum absolute atomic E-state index is 1.15. The summed E-state index contributed by atoms with van der Waals surface area (Å²) in [5, 5.41) is 0. The summed E-state index contributed by atoms with van der Waals surface area (Å²) in [7, 11) is 1.69. The second-order valence-corrected chi connectivity index (χ2v) is 4.40. The third-order valence-electron chi connectivity index (χ3n) is 3.02. The van der Waals surface area contributed by atoms with Gasteiger partial charge in [0.2, 0.25) is 0 Å². The summed E-state index contributed by atoms with van der Waals surface area (Å²) < 4.78 is 0. The third kappa shape index (κ3) is 6.56. The van der Waals surface area contributed by atoms with Crippen molar-refractivity contribution in [2.75, 3.05) is 7.11 Å². The zero-order valence-corrected chi connectivity index (χ0v) is 10.1. The second kappa shape index (κ2) is 8.78. The smallest absolute Gasteiger partial charge is 0.0636 e. The van der Waals surface area contributed by atoms with E-state index in [4.69, 9.17) is 4.84 Å². The lowest BCUT2D eigenvalue weighted by Crippen LogP contribution is -2.11. The fourth-order valence-electron chi connectivity index (χ4n) is 2.12. The van der Waals surface area contributed by atoms with E-state index in [0.717, 1.165) is 6.42 Å². The number of nitrogens with one attached hydrogen (secondary N) is 1. The van der Waals surface area contributed by atoms with Crippen LogP contribution >= 0.6 is 0 Å². The Balaban J connectivity index is 2.31. The lowest BCUT2D eigenvalue weighted by atomic mass is 10.0. The molecule has 0 aromatic rings. The predicted octanol–water partition coefficient (Wildman–Crippen LogP) is 3.94. The van der Waals surface area contributed by atoms with Crippen LogP contribution in [0.2, 0.25) is 0 Å². The Morgan fingerprint density at radius 1 is 0.933 bits per heavy atom. The van der Waals surface area contributed by atoms with Gasteiger partial charge in [0.25, 0.3) is 0 Å². The molecule has 0 aliphatic heterocycles. The van der Waals surface area contributed by atoms with E-state index < -0.39 is 0 Å². The van der Waals surface area contributed by atoms with Crippen LogP contribution in [0.3, 0.4) is 0 Å². The van der Waals surface area contributed by atoms with Crippen molar-refractivity contribution in [3.8, 4) is 0 Å². The molecule has 0 amide bonds.